The average molecular weight is 381 g/mol. The molecular weight excluding hydrogens is 361 g/mol. The molecule has 3 aromatic rings. The number of nitrogens with zero attached hydrogens (tertiary/aromatic N) is 1. The Balaban J connectivity index is 1.93. The van der Waals surface area contributed by atoms with Gasteiger partial charge in [0, 0.05) is 5.56 Å². The van der Waals surface area contributed by atoms with Crippen molar-refractivity contribution in [1.82, 2.24) is 0 Å². The van der Waals surface area contributed by atoms with Gasteiger partial charge in [-0.2, -0.15) is 0 Å². The molecule has 1 aliphatic rings. The van der Waals surface area contributed by atoms with Crippen molar-refractivity contribution in [2.24, 2.45) is 10.4 Å². The van der Waals surface area contributed by atoms with E-state index in [-0.39, 0.29) is 11.6 Å². The Morgan fingerprint density at radius 2 is 1.41 bits per heavy atom. The van der Waals surface area contributed by atoms with Crippen molar-refractivity contribution < 1.29 is 9.18 Å². The maximum atomic E-state index is 13.7. The van der Waals surface area contributed by atoms with E-state index in [0.29, 0.717) is 5.56 Å². The summed E-state index contributed by atoms with van der Waals surface area (Å²) >= 11 is 0. The van der Waals surface area contributed by atoms with Gasteiger partial charge >= 0.3 is 0 Å². The Kier molecular flexibility index (Phi) is 4.64. The van der Waals surface area contributed by atoms with Gasteiger partial charge in [0.15, 0.2) is 5.78 Å². The normalized spacial score (nSPS) is 20.0. The average Bonchev–Trinajstić information content (AvgIpc) is 2.96. The van der Waals surface area contributed by atoms with Gasteiger partial charge in [-0.1, -0.05) is 72.5 Å². The van der Waals surface area contributed by atoms with E-state index >= 15 is 0 Å². The zero-order valence-corrected chi connectivity index (χ0v) is 16.3. The van der Waals surface area contributed by atoms with Crippen molar-refractivity contribution in [3.8, 4) is 11.8 Å². The number of Topliss-reactive ketones (excluding diaryl/α,β-unsaturated/α-hetero) is 1. The number of hydrogen-bond donors (Lipinski definition) is 0. The second kappa shape index (κ2) is 7.14. The third-order valence-corrected chi connectivity index (χ3v) is 5.24. The van der Waals surface area contributed by atoms with Crippen LogP contribution in [0, 0.1) is 23.1 Å². The second-order valence-electron chi connectivity index (χ2n) is 7.61. The number of carbonyl (C=O) groups is 1. The molecule has 1 heterocycles. The predicted octanol–water partition coefficient (Wildman–Crippen LogP) is 5.17. The highest BCUT2D eigenvalue weighted by molar-refractivity contribution is 6.24. The molecule has 3 heteroatoms. The van der Waals surface area contributed by atoms with Crippen LogP contribution in [-0.2, 0) is 10.3 Å². The van der Waals surface area contributed by atoms with Crippen molar-refractivity contribution in [3.63, 3.8) is 0 Å². The molecule has 0 radical (unpaired) electrons. The number of benzene rings is 3. The lowest BCUT2D eigenvalue weighted by Crippen LogP contribution is -2.38. The van der Waals surface area contributed by atoms with Crippen LogP contribution in [0.1, 0.15) is 30.5 Å². The van der Waals surface area contributed by atoms with E-state index < -0.39 is 11.0 Å². The van der Waals surface area contributed by atoms with Crippen LogP contribution in [0.25, 0.3) is 0 Å². The van der Waals surface area contributed by atoms with E-state index in [1.807, 2.05) is 74.5 Å². The van der Waals surface area contributed by atoms with Crippen LogP contribution in [0.15, 0.2) is 89.9 Å². The van der Waals surface area contributed by atoms with Crippen LogP contribution in [0.5, 0.6) is 0 Å². The van der Waals surface area contributed by atoms with Crippen LogP contribution >= 0.6 is 0 Å². The minimum Gasteiger partial charge on any atom is -0.294 e. The summed E-state index contributed by atoms with van der Waals surface area (Å²) in [6.45, 7) is 3.79. The summed E-state index contributed by atoms with van der Waals surface area (Å²) in [6.07, 6.45) is 0. The third kappa shape index (κ3) is 3.28. The number of carbonyl (C=O) groups excluding carboxylic acids is 1. The SMILES string of the molecule is CC1(C)C(=O)C(C#Cc2ccc(F)cc2)(c2ccccc2)N=C1c1ccccc1. The molecule has 29 heavy (non-hydrogen) atoms. The zero-order valence-electron chi connectivity index (χ0n) is 16.3. The summed E-state index contributed by atoms with van der Waals surface area (Å²) in [6, 6.07) is 25.1. The zero-order chi connectivity index (χ0) is 20.5. The van der Waals surface area contributed by atoms with E-state index in [1.165, 1.54) is 12.1 Å². The maximum absolute atomic E-state index is 13.7. The van der Waals surface area contributed by atoms with Gasteiger partial charge in [-0.3, -0.25) is 9.79 Å². The van der Waals surface area contributed by atoms with E-state index in [0.717, 1.165) is 16.8 Å². The van der Waals surface area contributed by atoms with Crippen molar-refractivity contribution in [3.05, 3.63) is 107 Å². The number of aliphatic imine (C=N–C) groups is 1. The van der Waals surface area contributed by atoms with Crippen LogP contribution < -0.4 is 0 Å². The molecule has 0 N–H and O–H groups in total. The Morgan fingerprint density at radius 3 is 2.03 bits per heavy atom. The first-order valence-corrected chi connectivity index (χ1v) is 9.48. The highest BCUT2D eigenvalue weighted by Crippen LogP contribution is 2.44. The molecule has 0 aliphatic carbocycles. The van der Waals surface area contributed by atoms with Gasteiger partial charge in [0.25, 0.3) is 0 Å². The predicted molar refractivity (Wildman–Crippen MR) is 113 cm³/mol. The fraction of sp³-hybridized carbons (Fsp3) is 0.154. The maximum Gasteiger partial charge on any atom is 0.205 e. The van der Waals surface area contributed by atoms with Crippen LogP contribution in [0.2, 0.25) is 0 Å². The smallest absolute Gasteiger partial charge is 0.205 e. The lowest BCUT2D eigenvalue weighted by atomic mass is 9.74. The van der Waals surface area contributed by atoms with Gasteiger partial charge in [0.05, 0.1) is 11.1 Å². The van der Waals surface area contributed by atoms with Crippen LogP contribution in [0.4, 0.5) is 4.39 Å². The molecule has 1 unspecified atom stereocenters. The standard InChI is InChI=1S/C26H20FNO/c1-25(2)23(20-9-5-3-6-10-20)28-26(24(25)29,21-11-7-4-8-12-21)18-17-19-13-15-22(27)16-14-19/h3-16H,1-2H3. The molecule has 3 aromatic carbocycles. The molecule has 0 aromatic heterocycles. The summed E-state index contributed by atoms with van der Waals surface area (Å²) in [4.78, 5) is 18.7. The van der Waals surface area contributed by atoms with Crippen molar-refractivity contribution in [1.29, 1.82) is 0 Å². The van der Waals surface area contributed by atoms with Crippen molar-refractivity contribution in [2.75, 3.05) is 0 Å². The van der Waals surface area contributed by atoms with E-state index in [4.69, 9.17) is 4.99 Å². The Bertz CT molecular complexity index is 1140. The number of rotatable bonds is 2. The van der Waals surface area contributed by atoms with Gasteiger partial charge in [0.2, 0.25) is 5.54 Å². The van der Waals surface area contributed by atoms with Gasteiger partial charge in [-0.05, 0) is 49.2 Å². The first-order chi connectivity index (χ1) is 13.9. The minimum absolute atomic E-state index is 0.0651. The monoisotopic (exact) mass is 381 g/mol. The number of ketones is 1. The number of halogens is 1. The summed E-state index contributed by atoms with van der Waals surface area (Å²) < 4.78 is 13.2. The molecule has 0 saturated heterocycles. The summed E-state index contributed by atoms with van der Waals surface area (Å²) in [5, 5.41) is 0. The molecule has 1 atom stereocenters. The molecule has 0 bridgehead atoms. The van der Waals surface area contributed by atoms with E-state index in [9.17, 15) is 9.18 Å². The van der Waals surface area contributed by atoms with E-state index in [2.05, 4.69) is 11.8 Å². The number of hydrogen-bond acceptors (Lipinski definition) is 2. The van der Waals surface area contributed by atoms with Crippen molar-refractivity contribution >= 4 is 11.5 Å². The fourth-order valence-corrected chi connectivity index (χ4v) is 3.67. The summed E-state index contributed by atoms with van der Waals surface area (Å²) in [7, 11) is 0. The summed E-state index contributed by atoms with van der Waals surface area (Å²) in [5.41, 5.74) is 0.904. The quantitative estimate of drug-likeness (QED) is 0.563. The molecule has 0 amide bonds. The lowest BCUT2D eigenvalue weighted by molar-refractivity contribution is -0.126. The molecule has 0 fully saturated rings. The highest BCUT2D eigenvalue weighted by Gasteiger charge is 2.54. The van der Waals surface area contributed by atoms with Crippen LogP contribution in [-0.4, -0.2) is 11.5 Å². The minimum atomic E-state index is -1.30. The van der Waals surface area contributed by atoms with Gasteiger partial charge in [0.1, 0.15) is 5.82 Å². The Labute approximate surface area is 170 Å². The summed E-state index contributed by atoms with van der Waals surface area (Å²) in [5.74, 6) is 5.80. The molecule has 142 valence electrons. The third-order valence-electron chi connectivity index (χ3n) is 5.24. The van der Waals surface area contributed by atoms with E-state index in [1.54, 1.807) is 12.1 Å². The topological polar surface area (TPSA) is 29.4 Å². The lowest BCUT2D eigenvalue weighted by Gasteiger charge is -2.24. The van der Waals surface area contributed by atoms with Crippen LogP contribution in [0.3, 0.4) is 0 Å². The fourth-order valence-electron chi connectivity index (χ4n) is 3.67. The van der Waals surface area contributed by atoms with Gasteiger partial charge in [-0.15, -0.1) is 0 Å². The Morgan fingerprint density at radius 1 is 0.828 bits per heavy atom. The molecule has 0 saturated carbocycles. The molecule has 2 nitrogen and oxygen atoms in total. The van der Waals surface area contributed by atoms with Gasteiger partial charge < -0.3 is 0 Å². The molecule has 0 spiro atoms. The van der Waals surface area contributed by atoms with Crippen molar-refractivity contribution in [2.45, 2.75) is 19.4 Å². The first kappa shape index (κ1) is 18.8. The first-order valence-electron chi connectivity index (χ1n) is 9.48. The van der Waals surface area contributed by atoms with Gasteiger partial charge in [-0.25, -0.2) is 4.39 Å². The molecule has 4 rings (SSSR count). The highest BCUT2D eigenvalue weighted by atomic mass is 19.1. The largest absolute Gasteiger partial charge is 0.294 e. The second-order valence-corrected chi connectivity index (χ2v) is 7.61. The molecular formula is C26H20FNO. The molecule has 1 aliphatic heterocycles. The Hall–Kier alpha value is -3.51.